The number of rotatable bonds is 1. The van der Waals surface area contributed by atoms with Gasteiger partial charge in [-0.25, -0.2) is 4.90 Å². The molecule has 0 N–H and O–H groups in total. The van der Waals surface area contributed by atoms with E-state index in [2.05, 4.69) is 36.4 Å². The van der Waals surface area contributed by atoms with Gasteiger partial charge in [-0.1, -0.05) is 23.3 Å². The number of hydrogen-bond acceptors (Lipinski definition) is 2. The molecule has 0 aromatic heterocycles. The Hall–Kier alpha value is -1.17. The monoisotopic (exact) mass is 381 g/mol. The average Bonchev–Trinajstić information content (AvgIpc) is 2.64. The molecule has 2 amide bonds. The topological polar surface area (TPSA) is 37.4 Å². The fraction of sp³-hybridized carbons (Fsp3) is 0.375. The van der Waals surface area contributed by atoms with E-state index in [1.165, 1.54) is 16.0 Å². The average molecular weight is 381 g/mol. The van der Waals surface area contributed by atoms with Crippen molar-refractivity contribution in [2.24, 2.45) is 11.8 Å². The van der Waals surface area contributed by atoms with Gasteiger partial charge in [0.05, 0.1) is 17.5 Å². The number of nitrogens with zero attached hydrogens (tertiary/aromatic N) is 1. The summed E-state index contributed by atoms with van der Waals surface area (Å²) in [5.74, 6) is -0.392. The van der Waals surface area contributed by atoms with Crippen molar-refractivity contribution in [3.63, 3.8) is 0 Å². The summed E-state index contributed by atoms with van der Waals surface area (Å²) in [6, 6.07) is 7.56. The summed E-state index contributed by atoms with van der Waals surface area (Å²) < 4.78 is 0.937. The lowest BCUT2D eigenvalue weighted by molar-refractivity contribution is -0.122. The second-order valence-corrected chi connectivity index (χ2v) is 6.81. The number of fused-ring (bicyclic) bond motifs is 1. The first-order valence-electron chi connectivity index (χ1n) is 6.78. The molecule has 1 aliphatic heterocycles. The van der Waals surface area contributed by atoms with Gasteiger partial charge in [0.25, 0.3) is 0 Å². The molecule has 1 heterocycles. The third-order valence-corrected chi connectivity index (χ3v) is 5.35. The maximum atomic E-state index is 12.6. The first kappa shape index (κ1) is 13.8. The fourth-order valence-corrected chi connectivity index (χ4v) is 3.75. The van der Waals surface area contributed by atoms with Gasteiger partial charge in [0, 0.05) is 3.57 Å². The number of para-hydroxylation sites is 1. The predicted molar refractivity (Wildman–Crippen MR) is 86.2 cm³/mol. The van der Waals surface area contributed by atoms with E-state index in [0.717, 1.165) is 22.1 Å². The number of anilines is 1. The Bertz CT molecular complexity index is 603. The van der Waals surface area contributed by atoms with Gasteiger partial charge in [-0.2, -0.15) is 0 Å². The van der Waals surface area contributed by atoms with E-state index in [-0.39, 0.29) is 23.7 Å². The Morgan fingerprint density at radius 2 is 1.50 bits per heavy atom. The third kappa shape index (κ3) is 2.01. The quantitative estimate of drug-likeness (QED) is 0.424. The Morgan fingerprint density at radius 1 is 1.00 bits per heavy atom. The lowest BCUT2D eigenvalue weighted by atomic mass is 9.78. The van der Waals surface area contributed by atoms with E-state index in [1.54, 1.807) is 0 Å². The lowest BCUT2D eigenvalue weighted by Gasteiger charge is -2.23. The Kier molecular flexibility index (Phi) is 3.44. The van der Waals surface area contributed by atoms with Crippen LogP contribution in [0.3, 0.4) is 0 Å². The summed E-state index contributed by atoms with van der Waals surface area (Å²) in [5, 5.41) is 0. The second kappa shape index (κ2) is 4.98. The van der Waals surface area contributed by atoms with Crippen LogP contribution in [0.25, 0.3) is 0 Å². The molecule has 4 heteroatoms. The highest BCUT2D eigenvalue weighted by atomic mass is 127. The summed E-state index contributed by atoms with van der Waals surface area (Å²) in [5.41, 5.74) is 3.25. The zero-order valence-electron chi connectivity index (χ0n) is 11.5. The maximum absolute atomic E-state index is 12.6. The van der Waals surface area contributed by atoms with Crippen molar-refractivity contribution in [2.75, 3.05) is 4.90 Å². The van der Waals surface area contributed by atoms with E-state index in [4.69, 9.17) is 0 Å². The van der Waals surface area contributed by atoms with Crippen molar-refractivity contribution in [3.8, 4) is 0 Å². The molecular formula is C16H16INO2. The van der Waals surface area contributed by atoms with Crippen LogP contribution in [0.4, 0.5) is 5.69 Å². The van der Waals surface area contributed by atoms with Gasteiger partial charge in [0.2, 0.25) is 11.8 Å². The largest absolute Gasteiger partial charge is 0.274 e. The Labute approximate surface area is 132 Å². The zero-order chi connectivity index (χ0) is 14.4. The molecule has 104 valence electrons. The van der Waals surface area contributed by atoms with Crippen LogP contribution in [0.1, 0.15) is 26.7 Å². The van der Waals surface area contributed by atoms with Crippen molar-refractivity contribution in [3.05, 3.63) is 39.0 Å². The van der Waals surface area contributed by atoms with E-state index in [9.17, 15) is 9.59 Å². The zero-order valence-corrected chi connectivity index (χ0v) is 13.7. The van der Waals surface area contributed by atoms with Crippen molar-refractivity contribution in [1.82, 2.24) is 0 Å². The van der Waals surface area contributed by atoms with Crippen LogP contribution < -0.4 is 4.90 Å². The predicted octanol–water partition coefficient (Wildman–Crippen LogP) is 3.53. The third-order valence-electron chi connectivity index (χ3n) is 4.43. The molecule has 1 aliphatic carbocycles. The maximum Gasteiger partial charge on any atom is 0.238 e. The number of allylic oxidation sites excluding steroid dienone is 2. The van der Waals surface area contributed by atoms with Crippen LogP contribution in [0.15, 0.2) is 35.4 Å². The molecule has 2 aliphatic rings. The van der Waals surface area contributed by atoms with Gasteiger partial charge in [0.1, 0.15) is 0 Å². The Balaban J connectivity index is 2.00. The van der Waals surface area contributed by atoms with Crippen LogP contribution in [0.5, 0.6) is 0 Å². The number of benzene rings is 1. The molecule has 0 saturated carbocycles. The van der Waals surface area contributed by atoms with Crippen LogP contribution in [-0.4, -0.2) is 11.8 Å². The highest BCUT2D eigenvalue weighted by molar-refractivity contribution is 14.1. The molecule has 2 atom stereocenters. The summed E-state index contributed by atoms with van der Waals surface area (Å²) in [6.07, 6.45) is 1.45. The van der Waals surface area contributed by atoms with Crippen LogP contribution in [-0.2, 0) is 9.59 Å². The normalized spacial score (nSPS) is 26.2. The highest BCUT2D eigenvalue weighted by Gasteiger charge is 2.49. The number of imide groups is 1. The number of halogens is 1. The molecule has 3 nitrogen and oxygen atoms in total. The molecule has 1 aromatic carbocycles. The van der Waals surface area contributed by atoms with E-state index < -0.39 is 0 Å². The molecule has 1 fully saturated rings. The SMILES string of the molecule is CC1=C(C)CC2C(=O)N(c3ccccc3I)C(=O)C2C1. The minimum Gasteiger partial charge on any atom is -0.274 e. The van der Waals surface area contributed by atoms with Gasteiger partial charge in [-0.15, -0.1) is 0 Å². The van der Waals surface area contributed by atoms with Crippen LogP contribution in [0.2, 0.25) is 0 Å². The van der Waals surface area contributed by atoms with Gasteiger partial charge in [0.15, 0.2) is 0 Å². The van der Waals surface area contributed by atoms with Crippen LogP contribution >= 0.6 is 22.6 Å². The number of hydrogen-bond donors (Lipinski definition) is 0. The molecular weight excluding hydrogens is 365 g/mol. The van der Waals surface area contributed by atoms with E-state index in [0.29, 0.717) is 0 Å². The first-order valence-corrected chi connectivity index (χ1v) is 7.86. The van der Waals surface area contributed by atoms with Crippen molar-refractivity contribution in [2.45, 2.75) is 26.7 Å². The number of amides is 2. The number of carbonyl (C=O) groups is 2. The summed E-state index contributed by atoms with van der Waals surface area (Å²) >= 11 is 2.18. The van der Waals surface area contributed by atoms with Crippen molar-refractivity contribution < 1.29 is 9.59 Å². The molecule has 0 spiro atoms. The molecule has 3 rings (SSSR count). The molecule has 20 heavy (non-hydrogen) atoms. The van der Waals surface area contributed by atoms with Gasteiger partial charge in [-0.3, -0.25) is 9.59 Å². The van der Waals surface area contributed by atoms with Gasteiger partial charge >= 0.3 is 0 Å². The van der Waals surface area contributed by atoms with E-state index >= 15 is 0 Å². The fourth-order valence-electron chi connectivity index (χ4n) is 3.12. The standard InChI is InChI=1S/C16H16INO2/c1-9-7-11-12(8-10(9)2)16(20)18(15(11)19)14-6-4-3-5-13(14)17/h3-6,11-12H,7-8H2,1-2H3. The van der Waals surface area contributed by atoms with Crippen molar-refractivity contribution >= 4 is 40.1 Å². The molecule has 1 aromatic rings. The van der Waals surface area contributed by atoms with Crippen molar-refractivity contribution in [1.29, 1.82) is 0 Å². The Morgan fingerprint density at radius 3 is 2.00 bits per heavy atom. The van der Waals surface area contributed by atoms with E-state index in [1.807, 2.05) is 24.3 Å². The van der Waals surface area contributed by atoms with Crippen LogP contribution in [0, 0.1) is 15.4 Å². The van der Waals surface area contributed by atoms with Gasteiger partial charge < -0.3 is 0 Å². The first-order chi connectivity index (χ1) is 9.50. The summed E-state index contributed by atoms with van der Waals surface area (Å²) in [4.78, 5) is 26.7. The molecule has 0 bridgehead atoms. The highest BCUT2D eigenvalue weighted by Crippen LogP contribution is 2.42. The summed E-state index contributed by atoms with van der Waals surface area (Å²) in [6.45, 7) is 4.14. The molecule has 2 unspecified atom stereocenters. The molecule has 0 radical (unpaired) electrons. The number of carbonyl (C=O) groups excluding carboxylic acids is 2. The minimum absolute atomic E-state index is 0.0315. The van der Waals surface area contributed by atoms with Gasteiger partial charge in [-0.05, 0) is 61.4 Å². The molecule has 1 saturated heterocycles. The summed E-state index contributed by atoms with van der Waals surface area (Å²) in [7, 11) is 0. The lowest BCUT2D eigenvalue weighted by Crippen LogP contribution is -2.31. The smallest absolute Gasteiger partial charge is 0.238 e. The minimum atomic E-state index is -0.165. The second-order valence-electron chi connectivity index (χ2n) is 5.65.